The average Bonchev–Trinajstić information content (AvgIpc) is 2.04. The van der Waals surface area contributed by atoms with Crippen molar-refractivity contribution in [1.29, 1.82) is 0 Å². The summed E-state index contributed by atoms with van der Waals surface area (Å²) in [6, 6.07) is 0. The summed E-state index contributed by atoms with van der Waals surface area (Å²) in [6.07, 6.45) is 4.48. The normalized spacial score (nSPS) is 40.3. The molecule has 1 saturated carbocycles. The van der Waals surface area contributed by atoms with Crippen LogP contribution in [-0.4, -0.2) is 19.3 Å². The molecule has 3 atom stereocenters. The quantitative estimate of drug-likeness (QED) is 0.406. The van der Waals surface area contributed by atoms with Gasteiger partial charge in [-0.1, -0.05) is 25.5 Å². The molecule has 0 radical (unpaired) electrons. The number of hydrogen-bond acceptors (Lipinski definition) is 1. The predicted molar refractivity (Wildman–Crippen MR) is 77.1 cm³/mol. The average molecular weight is 273 g/mol. The third kappa shape index (κ3) is 2.36. The van der Waals surface area contributed by atoms with Gasteiger partial charge < -0.3 is 4.43 Å². The molecular formula is C14H25ClOSi. The van der Waals surface area contributed by atoms with Gasteiger partial charge in [0.2, 0.25) is 0 Å². The molecule has 3 aliphatic rings. The molecule has 3 heteroatoms. The van der Waals surface area contributed by atoms with E-state index in [-0.39, 0.29) is 11.0 Å². The van der Waals surface area contributed by atoms with Crippen LogP contribution in [-0.2, 0) is 4.43 Å². The summed E-state index contributed by atoms with van der Waals surface area (Å²) in [4.78, 5) is 0. The van der Waals surface area contributed by atoms with E-state index in [9.17, 15) is 0 Å². The maximum absolute atomic E-state index is 6.62. The predicted octanol–water partition coefficient (Wildman–Crippen LogP) is 4.58. The van der Waals surface area contributed by atoms with Gasteiger partial charge in [0, 0.05) is 0 Å². The number of halogens is 1. The lowest BCUT2D eigenvalue weighted by Crippen LogP contribution is -2.58. The third-order valence-electron chi connectivity index (χ3n) is 4.17. The maximum Gasteiger partial charge on any atom is 0.185 e. The van der Waals surface area contributed by atoms with Crippen molar-refractivity contribution in [3.63, 3.8) is 0 Å². The topological polar surface area (TPSA) is 9.23 Å². The van der Waals surface area contributed by atoms with Crippen molar-refractivity contribution < 1.29 is 4.43 Å². The first kappa shape index (κ1) is 13.6. The highest BCUT2D eigenvalue weighted by molar-refractivity contribution is 6.69. The molecule has 0 aliphatic heterocycles. The molecule has 0 heterocycles. The summed E-state index contributed by atoms with van der Waals surface area (Å²) >= 11 is 6.62. The number of rotatable bonds is 2. The molecule has 0 aromatic heterocycles. The fraction of sp³-hybridized carbons (Fsp3) is 0.857. The smallest absolute Gasteiger partial charge is 0.185 e. The lowest BCUT2D eigenvalue weighted by molar-refractivity contribution is -0.0210. The minimum absolute atomic E-state index is 0.149. The van der Waals surface area contributed by atoms with Gasteiger partial charge in [0.1, 0.15) is 0 Å². The molecule has 98 valence electrons. The van der Waals surface area contributed by atoms with Crippen LogP contribution in [0.2, 0.25) is 19.6 Å². The number of hydrogen-bond donors (Lipinski definition) is 0. The Balaban J connectivity index is 2.40. The van der Waals surface area contributed by atoms with Crippen molar-refractivity contribution in [3.05, 3.63) is 11.6 Å². The molecule has 0 spiro atoms. The van der Waals surface area contributed by atoms with Crippen LogP contribution in [0.3, 0.4) is 0 Å². The summed E-state index contributed by atoms with van der Waals surface area (Å²) in [5.41, 5.74) is 1.61. The lowest BCUT2D eigenvalue weighted by Gasteiger charge is -2.57. The van der Waals surface area contributed by atoms with Crippen LogP contribution in [0.4, 0.5) is 0 Å². The van der Waals surface area contributed by atoms with Crippen molar-refractivity contribution in [3.8, 4) is 0 Å². The molecule has 3 rings (SSSR count). The van der Waals surface area contributed by atoms with Crippen molar-refractivity contribution in [2.24, 2.45) is 11.3 Å². The van der Waals surface area contributed by atoms with Gasteiger partial charge in [0.15, 0.2) is 8.32 Å². The largest absolute Gasteiger partial charge is 0.407 e. The fourth-order valence-corrected chi connectivity index (χ4v) is 5.65. The standard InChI is InChI=1S/C14H25ClOSi/c1-10-8-14(16-17(4,5)6)9-13(2,3)11(10)7-12(14)15/h8,11-12H,7,9H2,1-6H3. The van der Waals surface area contributed by atoms with E-state index >= 15 is 0 Å². The van der Waals surface area contributed by atoms with E-state index in [0.717, 1.165) is 12.8 Å². The van der Waals surface area contributed by atoms with Gasteiger partial charge in [-0.2, -0.15) is 0 Å². The molecule has 17 heavy (non-hydrogen) atoms. The second-order valence-electron chi connectivity index (χ2n) is 7.48. The molecule has 2 bridgehead atoms. The summed E-state index contributed by atoms with van der Waals surface area (Å²) in [7, 11) is -1.58. The number of alkyl halides is 1. The van der Waals surface area contributed by atoms with Crippen molar-refractivity contribution in [2.45, 2.75) is 64.2 Å². The van der Waals surface area contributed by atoms with E-state index in [4.69, 9.17) is 16.0 Å². The molecular weight excluding hydrogens is 248 g/mol. The van der Waals surface area contributed by atoms with E-state index in [2.05, 4.69) is 46.5 Å². The van der Waals surface area contributed by atoms with Gasteiger partial charge in [-0.15, -0.1) is 11.6 Å². The first-order valence-corrected chi connectivity index (χ1v) is 10.4. The van der Waals surface area contributed by atoms with Crippen molar-refractivity contribution >= 4 is 19.9 Å². The highest BCUT2D eigenvalue weighted by Crippen LogP contribution is 2.57. The fourth-order valence-electron chi connectivity index (χ4n) is 3.80. The van der Waals surface area contributed by atoms with Crippen LogP contribution >= 0.6 is 11.6 Å². The van der Waals surface area contributed by atoms with Crippen LogP contribution in [0.5, 0.6) is 0 Å². The van der Waals surface area contributed by atoms with Gasteiger partial charge in [-0.25, -0.2) is 0 Å². The third-order valence-corrected chi connectivity index (χ3v) is 5.71. The zero-order chi connectivity index (χ0) is 13.1. The van der Waals surface area contributed by atoms with Crippen LogP contribution in [0.25, 0.3) is 0 Å². The highest BCUT2D eigenvalue weighted by atomic mass is 35.5. The minimum atomic E-state index is -1.58. The lowest BCUT2D eigenvalue weighted by atomic mass is 9.56. The van der Waals surface area contributed by atoms with E-state index in [0.29, 0.717) is 11.3 Å². The first-order valence-electron chi connectivity index (χ1n) is 6.59. The monoisotopic (exact) mass is 272 g/mol. The molecule has 0 saturated heterocycles. The Morgan fingerprint density at radius 2 is 1.94 bits per heavy atom. The van der Waals surface area contributed by atoms with Gasteiger partial charge >= 0.3 is 0 Å². The van der Waals surface area contributed by atoms with Gasteiger partial charge in [-0.05, 0) is 50.7 Å². The van der Waals surface area contributed by atoms with E-state index in [1.54, 1.807) is 0 Å². The molecule has 0 aromatic carbocycles. The van der Waals surface area contributed by atoms with Gasteiger partial charge in [0.05, 0.1) is 11.0 Å². The molecule has 1 nitrogen and oxygen atoms in total. The summed E-state index contributed by atoms with van der Waals surface area (Å²) in [5, 5.41) is 0.149. The molecule has 0 aromatic rings. The Kier molecular flexibility index (Phi) is 3.09. The molecule has 3 aliphatic carbocycles. The Morgan fingerprint density at radius 1 is 1.35 bits per heavy atom. The zero-order valence-corrected chi connectivity index (χ0v) is 13.7. The van der Waals surface area contributed by atoms with E-state index in [1.165, 1.54) is 5.57 Å². The Hall–Kier alpha value is 0.207. The van der Waals surface area contributed by atoms with Gasteiger partial charge in [-0.3, -0.25) is 0 Å². The second kappa shape index (κ2) is 3.85. The van der Waals surface area contributed by atoms with Crippen molar-refractivity contribution in [1.82, 2.24) is 0 Å². The SMILES string of the molecule is CC1=CC2(O[Si](C)(C)C)CC(C)(C)C1CC2Cl. The van der Waals surface area contributed by atoms with Crippen LogP contribution < -0.4 is 0 Å². The summed E-state index contributed by atoms with van der Waals surface area (Å²) in [5.74, 6) is 0.636. The molecule has 3 unspecified atom stereocenters. The van der Waals surface area contributed by atoms with E-state index in [1.807, 2.05) is 0 Å². The van der Waals surface area contributed by atoms with Gasteiger partial charge in [0.25, 0.3) is 0 Å². The highest BCUT2D eigenvalue weighted by Gasteiger charge is 2.55. The maximum atomic E-state index is 6.62. The van der Waals surface area contributed by atoms with Crippen LogP contribution in [0.15, 0.2) is 11.6 Å². The van der Waals surface area contributed by atoms with Crippen LogP contribution in [0.1, 0.15) is 33.6 Å². The Labute approximate surface area is 112 Å². The second-order valence-corrected chi connectivity index (χ2v) is 12.4. The summed E-state index contributed by atoms with van der Waals surface area (Å²) < 4.78 is 6.50. The number of allylic oxidation sites excluding steroid dienone is 1. The van der Waals surface area contributed by atoms with Crippen LogP contribution in [0, 0.1) is 11.3 Å². The minimum Gasteiger partial charge on any atom is -0.407 e. The molecule has 0 amide bonds. The Bertz CT molecular complexity index is 356. The zero-order valence-electron chi connectivity index (χ0n) is 11.9. The van der Waals surface area contributed by atoms with Crippen molar-refractivity contribution in [2.75, 3.05) is 0 Å². The first-order chi connectivity index (χ1) is 7.56. The summed E-state index contributed by atoms with van der Waals surface area (Å²) in [6.45, 7) is 13.7. The number of fused-ring (bicyclic) bond motifs is 2. The van der Waals surface area contributed by atoms with E-state index < -0.39 is 8.32 Å². The Morgan fingerprint density at radius 3 is 2.41 bits per heavy atom. The molecule has 1 fully saturated rings. The molecule has 0 N–H and O–H groups in total.